The molecule has 2 N–H and O–H groups in total. The van der Waals surface area contributed by atoms with Crippen molar-refractivity contribution in [3.05, 3.63) is 34.9 Å². The van der Waals surface area contributed by atoms with Crippen LogP contribution in [0.1, 0.15) is 43.9 Å². The highest BCUT2D eigenvalue weighted by Crippen LogP contribution is 2.26. The smallest absolute Gasteiger partial charge is 0.0131 e. The minimum atomic E-state index is 0.220. The van der Waals surface area contributed by atoms with Crippen LogP contribution in [0.5, 0.6) is 0 Å². The summed E-state index contributed by atoms with van der Waals surface area (Å²) in [5, 5.41) is 0. The van der Waals surface area contributed by atoms with Gasteiger partial charge in [-0.1, -0.05) is 50.1 Å². The molecular formula is C15H25N. The molecule has 1 rings (SSSR count). The van der Waals surface area contributed by atoms with E-state index in [9.17, 15) is 0 Å². The molecule has 0 saturated heterocycles. The quantitative estimate of drug-likeness (QED) is 0.822. The Kier molecular flexibility index (Phi) is 4.15. The molecule has 1 atom stereocenters. The number of benzene rings is 1. The average Bonchev–Trinajstić information content (AvgIpc) is 2.15. The standard InChI is InChI=1S/C15H25N/c1-6-15(4,5)14(16)10-13-8-11(2)7-12(3)9-13/h7-9,14H,6,10,16H2,1-5H3. The van der Waals surface area contributed by atoms with E-state index in [1.165, 1.54) is 16.7 Å². The number of hydrogen-bond donors (Lipinski definition) is 1. The lowest BCUT2D eigenvalue weighted by Crippen LogP contribution is -2.38. The summed E-state index contributed by atoms with van der Waals surface area (Å²) in [4.78, 5) is 0. The summed E-state index contributed by atoms with van der Waals surface area (Å²) in [6, 6.07) is 6.94. The van der Waals surface area contributed by atoms with Gasteiger partial charge >= 0.3 is 0 Å². The molecule has 0 aliphatic heterocycles. The van der Waals surface area contributed by atoms with E-state index in [1.807, 2.05) is 0 Å². The highest BCUT2D eigenvalue weighted by molar-refractivity contribution is 5.29. The van der Waals surface area contributed by atoms with E-state index >= 15 is 0 Å². The molecule has 0 saturated carbocycles. The van der Waals surface area contributed by atoms with Crippen molar-refractivity contribution in [1.82, 2.24) is 0 Å². The maximum atomic E-state index is 6.29. The largest absolute Gasteiger partial charge is 0.327 e. The zero-order valence-electron chi connectivity index (χ0n) is 11.3. The third-order valence-electron chi connectivity index (χ3n) is 3.65. The lowest BCUT2D eigenvalue weighted by atomic mass is 9.79. The van der Waals surface area contributed by atoms with Crippen LogP contribution in [0.3, 0.4) is 0 Å². The van der Waals surface area contributed by atoms with E-state index < -0.39 is 0 Å². The van der Waals surface area contributed by atoms with Crippen LogP contribution in [-0.4, -0.2) is 6.04 Å². The predicted molar refractivity (Wildman–Crippen MR) is 71.7 cm³/mol. The molecule has 1 unspecified atom stereocenters. The molecule has 0 amide bonds. The van der Waals surface area contributed by atoms with Crippen LogP contribution in [0.25, 0.3) is 0 Å². The monoisotopic (exact) mass is 219 g/mol. The van der Waals surface area contributed by atoms with Crippen molar-refractivity contribution in [2.24, 2.45) is 11.1 Å². The van der Waals surface area contributed by atoms with E-state index in [1.54, 1.807) is 0 Å². The first-order valence-electron chi connectivity index (χ1n) is 6.18. The van der Waals surface area contributed by atoms with Crippen molar-refractivity contribution in [2.75, 3.05) is 0 Å². The summed E-state index contributed by atoms with van der Waals surface area (Å²) in [7, 11) is 0. The van der Waals surface area contributed by atoms with Crippen LogP contribution in [0.4, 0.5) is 0 Å². The third kappa shape index (κ3) is 3.34. The van der Waals surface area contributed by atoms with Gasteiger partial charge in [-0.05, 0) is 37.7 Å². The van der Waals surface area contributed by atoms with Crippen molar-refractivity contribution in [1.29, 1.82) is 0 Å². The van der Waals surface area contributed by atoms with Crippen LogP contribution in [0.2, 0.25) is 0 Å². The van der Waals surface area contributed by atoms with Crippen LogP contribution in [-0.2, 0) is 6.42 Å². The Morgan fingerprint density at radius 1 is 1.12 bits per heavy atom. The fourth-order valence-electron chi connectivity index (χ4n) is 1.98. The minimum absolute atomic E-state index is 0.220. The number of nitrogens with two attached hydrogens (primary N) is 1. The first-order chi connectivity index (χ1) is 7.35. The number of rotatable bonds is 4. The molecule has 1 nitrogen and oxygen atoms in total. The summed E-state index contributed by atoms with van der Waals surface area (Å²) in [6.07, 6.45) is 2.10. The van der Waals surface area contributed by atoms with Gasteiger partial charge in [0, 0.05) is 6.04 Å². The highest BCUT2D eigenvalue weighted by Gasteiger charge is 2.24. The minimum Gasteiger partial charge on any atom is -0.327 e. The lowest BCUT2D eigenvalue weighted by Gasteiger charge is -2.30. The molecule has 0 aliphatic carbocycles. The van der Waals surface area contributed by atoms with Gasteiger partial charge in [0.05, 0.1) is 0 Å². The molecule has 0 aliphatic rings. The first-order valence-corrected chi connectivity index (χ1v) is 6.18. The van der Waals surface area contributed by atoms with Crippen LogP contribution >= 0.6 is 0 Å². The number of hydrogen-bond acceptors (Lipinski definition) is 1. The molecule has 16 heavy (non-hydrogen) atoms. The van der Waals surface area contributed by atoms with Crippen LogP contribution < -0.4 is 5.73 Å². The normalized spacial score (nSPS) is 13.9. The molecule has 1 aromatic rings. The van der Waals surface area contributed by atoms with Gasteiger partial charge in [-0.2, -0.15) is 0 Å². The Morgan fingerprint density at radius 3 is 2.06 bits per heavy atom. The Labute approximate surface area is 100 Å². The van der Waals surface area contributed by atoms with Crippen molar-refractivity contribution in [2.45, 2.75) is 53.5 Å². The molecule has 0 spiro atoms. The Hall–Kier alpha value is -0.820. The lowest BCUT2D eigenvalue weighted by molar-refractivity contribution is 0.272. The summed E-state index contributed by atoms with van der Waals surface area (Å²) in [6.45, 7) is 11.0. The summed E-state index contributed by atoms with van der Waals surface area (Å²) in [5.41, 5.74) is 10.5. The molecule has 1 heteroatoms. The highest BCUT2D eigenvalue weighted by atomic mass is 14.7. The van der Waals surface area contributed by atoms with Gasteiger partial charge in [0.25, 0.3) is 0 Å². The van der Waals surface area contributed by atoms with Gasteiger partial charge in [0.15, 0.2) is 0 Å². The Bertz CT molecular complexity index is 332. The average molecular weight is 219 g/mol. The maximum Gasteiger partial charge on any atom is 0.0131 e. The maximum absolute atomic E-state index is 6.29. The van der Waals surface area contributed by atoms with Crippen molar-refractivity contribution in [3.8, 4) is 0 Å². The van der Waals surface area contributed by atoms with Crippen LogP contribution in [0, 0.1) is 19.3 Å². The van der Waals surface area contributed by atoms with Gasteiger partial charge < -0.3 is 5.73 Å². The molecule has 90 valence electrons. The van der Waals surface area contributed by atoms with Crippen LogP contribution in [0.15, 0.2) is 18.2 Å². The van der Waals surface area contributed by atoms with Crippen molar-refractivity contribution in [3.63, 3.8) is 0 Å². The fraction of sp³-hybridized carbons (Fsp3) is 0.600. The van der Waals surface area contributed by atoms with Gasteiger partial charge in [-0.15, -0.1) is 0 Å². The van der Waals surface area contributed by atoms with E-state index in [4.69, 9.17) is 5.73 Å². The third-order valence-corrected chi connectivity index (χ3v) is 3.65. The summed E-state index contributed by atoms with van der Waals surface area (Å²) in [5.74, 6) is 0. The molecular weight excluding hydrogens is 194 g/mol. The summed E-state index contributed by atoms with van der Waals surface area (Å²) < 4.78 is 0. The topological polar surface area (TPSA) is 26.0 Å². The second-order valence-electron chi connectivity index (χ2n) is 5.65. The summed E-state index contributed by atoms with van der Waals surface area (Å²) >= 11 is 0. The molecule has 0 aromatic heterocycles. The van der Waals surface area contributed by atoms with E-state index in [2.05, 4.69) is 52.8 Å². The fourth-order valence-corrected chi connectivity index (χ4v) is 1.98. The Morgan fingerprint density at radius 2 is 1.62 bits per heavy atom. The zero-order valence-corrected chi connectivity index (χ0v) is 11.3. The van der Waals surface area contributed by atoms with Gasteiger partial charge in [-0.3, -0.25) is 0 Å². The SMILES string of the molecule is CCC(C)(C)C(N)Cc1cc(C)cc(C)c1. The van der Waals surface area contributed by atoms with Gasteiger partial charge in [0.1, 0.15) is 0 Å². The van der Waals surface area contributed by atoms with Gasteiger partial charge in [0.2, 0.25) is 0 Å². The second-order valence-corrected chi connectivity index (χ2v) is 5.65. The first kappa shape index (κ1) is 13.2. The Balaban J connectivity index is 2.80. The molecule has 1 aromatic carbocycles. The molecule has 0 bridgehead atoms. The molecule has 0 heterocycles. The molecule has 0 fully saturated rings. The van der Waals surface area contributed by atoms with Crippen molar-refractivity contribution < 1.29 is 0 Å². The van der Waals surface area contributed by atoms with Crippen molar-refractivity contribution >= 4 is 0 Å². The van der Waals surface area contributed by atoms with Gasteiger partial charge in [-0.25, -0.2) is 0 Å². The second kappa shape index (κ2) is 5.01. The van der Waals surface area contributed by atoms with E-state index in [-0.39, 0.29) is 11.5 Å². The molecule has 0 radical (unpaired) electrons. The number of aryl methyl sites for hydroxylation is 2. The predicted octanol–water partition coefficient (Wildman–Crippen LogP) is 3.61. The zero-order chi connectivity index (χ0) is 12.3. The van der Waals surface area contributed by atoms with E-state index in [0.29, 0.717) is 0 Å². The van der Waals surface area contributed by atoms with E-state index in [0.717, 1.165) is 12.8 Å².